The normalized spacial score (nSPS) is 10.1. The molecule has 2 aromatic heterocycles. The molecule has 0 bridgehead atoms. The van der Waals surface area contributed by atoms with E-state index in [1.165, 1.54) is 0 Å². The van der Waals surface area contributed by atoms with Crippen LogP contribution in [0, 0.1) is 23.3 Å². The molecule has 0 N–H and O–H groups in total. The predicted molar refractivity (Wildman–Crippen MR) is 107 cm³/mol. The topological polar surface area (TPSA) is 63.9 Å². The summed E-state index contributed by atoms with van der Waals surface area (Å²) in [5, 5.41) is 0. The van der Waals surface area contributed by atoms with Crippen LogP contribution in [0.2, 0.25) is 0 Å². The zero-order valence-electron chi connectivity index (χ0n) is 12.5. The fraction of sp³-hybridized carbons (Fsp3) is 0. The van der Waals surface area contributed by atoms with Gasteiger partial charge in [-0.2, -0.15) is 17.5 Å². The molecule has 139 valence electrons. The van der Waals surface area contributed by atoms with Gasteiger partial charge in [0, 0.05) is 12.1 Å². The number of halogens is 6. The second kappa shape index (κ2) is 9.95. The zero-order chi connectivity index (χ0) is 20.1. The van der Waals surface area contributed by atoms with Crippen molar-refractivity contribution in [3.8, 4) is 0 Å². The van der Waals surface area contributed by atoms with Gasteiger partial charge in [0.05, 0.1) is 32.4 Å². The molecule has 1 radical (unpaired) electrons. The third kappa shape index (κ3) is 5.07. The van der Waals surface area contributed by atoms with E-state index in [1.807, 2.05) is 0 Å². The molecule has 0 aliphatic rings. The fourth-order valence-electron chi connectivity index (χ4n) is 1.66. The average Bonchev–Trinajstić information content (AvgIpc) is 3.29. The number of hydrogen-bond acceptors (Lipinski definition) is 8. The molecule has 27 heavy (non-hydrogen) atoms. The van der Waals surface area contributed by atoms with E-state index in [0.717, 1.165) is 35.6 Å². The van der Waals surface area contributed by atoms with Crippen LogP contribution in [0.25, 0.3) is 22.1 Å². The first-order chi connectivity index (χ1) is 12.8. The van der Waals surface area contributed by atoms with E-state index in [2.05, 4.69) is 74.1 Å². The number of fused-ring (bicyclic) bond motifs is 2. The monoisotopic (exact) mass is 558 g/mol. The van der Waals surface area contributed by atoms with Gasteiger partial charge in [0.25, 0.3) is 0 Å². The predicted octanol–water partition coefficient (Wildman–Crippen LogP) is 5.65. The Bertz CT molecular complexity index is 1030. The summed E-state index contributed by atoms with van der Waals surface area (Å²) in [6.45, 7) is 0. The summed E-state index contributed by atoms with van der Waals surface area (Å²) in [7, 11) is 4.34. The summed E-state index contributed by atoms with van der Waals surface area (Å²) in [6.07, 6.45) is 0. The van der Waals surface area contributed by atoms with Crippen LogP contribution in [0.3, 0.4) is 0 Å². The Morgan fingerprint density at radius 1 is 0.815 bits per heavy atom. The second-order valence-electron chi connectivity index (χ2n) is 4.35. The van der Waals surface area contributed by atoms with Gasteiger partial charge in [0.15, 0.2) is 23.3 Å². The Labute approximate surface area is 180 Å². The summed E-state index contributed by atoms with van der Waals surface area (Å²) < 4.78 is 69.0. The van der Waals surface area contributed by atoms with Crippen molar-refractivity contribution < 1.29 is 17.6 Å². The first-order valence-electron chi connectivity index (χ1n) is 6.37. The first-order valence-corrected chi connectivity index (χ1v) is 9.82. The Kier molecular flexibility index (Phi) is 8.21. The van der Waals surface area contributed by atoms with Crippen molar-refractivity contribution in [3.63, 3.8) is 0 Å². The summed E-state index contributed by atoms with van der Waals surface area (Å²) in [6, 6.07) is 2.07. The molecule has 0 spiro atoms. The van der Waals surface area contributed by atoms with Crippen LogP contribution in [0.15, 0.2) is 25.4 Å². The van der Waals surface area contributed by atoms with Gasteiger partial charge in [-0.1, -0.05) is 0 Å². The van der Waals surface area contributed by atoms with Crippen molar-refractivity contribution in [2.45, 2.75) is 0 Å². The number of nitrogens with zero attached hydrogens (tertiary/aromatic N) is 5. The maximum absolute atomic E-state index is 13.1. The molecule has 4 aromatic rings. The van der Waals surface area contributed by atoms with Crippen molar-refractivity contribution in [2.24, 2.45) is 4.30 Å². The molecule has 5 nitrogen and oxygen atoms in total. The molecule has 4 rings (SSSR count). The molecular weight excluding hydrogens is 557 g/mol. The molecule has 0 saturated carbocycles. The number of benzene rings is 2. The molecule has 0 atom stereocenters. The van der Waals surface area contributed by atoms with Gasteiger partial charge in [-0.15, -0.1) is 0 Å². The third-order valence-corrected chi connectivity index (χ3v) is 5.31. The Morgan fingerprint density at radius 3 is 1.52 bits per heavy atom. The summed E-state index contributed by atoms with van der Waals surface area (Å²) in [5.74, 6) is -3.67. The Hall–Kier alpha value is -1.03. The molecule has 0 aliphatic carbocycles. The van der Waals surface area contributed by atoms with E-state index in [9.17, 15) is 17.6 Å². The third-order valence-electron chi connectivity index (χ3n) is 2.78. The molecule has 0 unspecified atom stereocenters. The van der Waals surface area contributed by atoms with Crippen molar-refractivity contribution >= 4 is 97.8 Å². The van der Waals surface area contributed by atoms with Crippen LogP contribution < -0.4 is 0 Å². The van der Waals surface area contributed by atoms with Crippen LogP contribution in [0.1, 0.15) is 0 Å². The van der Waals surface area contributed by atoms with Crippen molar-refractivity contribution in [1.29, 1.82) is 0 Å². The molecule has 0 amide bonds. The van der Waals surface area contributed by atoms with E-state index in [-0.39, 0.29) is 8.95 Å². The van der Waals surface area contributed by atoms with Crippen molar-refractivity contribution in [2.75, 3.05) is 0 Å². The molecule has 0 fully saturated rings. The second-order valence-corrected chi connectivity index (χ2v) is 7.23. The van der Waals surface area contributed by atoms with Gasteiger partial charge in [-0.3, -0.25) is 0 Å². The molecule has 0 saturated heterocycles. The first kappa shape index (κ1) is 22.3. The van der Waals surface area contributed by atoms with Crippen LogP contribution >= 0.6 is 68.1 Å². The van der Waals surface area contributed by atoms with E-state index in [4.69, 9.17) is 0 Å². The van der Waals surface area contributed by atoms with Crippen molar-refractivity contribution in [3.05, 3.63) is 44.3 Å². The average molecular weight is 560 g/mol. The van der Waals surface area contributed by atoms with Crippen LogP contribution in [-0.4, -0.2) is 25.1 Å². The minimum atomic E-state index is -0.952. The molecule has 2 aromatic carbocycles. The van der Waals surface area contributed by atoms with Gasteiger partial charge in [-0.05, 0) is 31.9 Å². The van der Waals surface area contributed by atoms with E-state index < -0.39 is 23.3 Å². The number of thiol groups is 1. The van der Waals surface area contributed by atoms with Crippen LogP contribution in [0.5, 0.6) is 0 Å². The van der Waals surface area contributed by atoms with Gasteiger partial charge >= 0.3 is 24.8 Å². The summed E-state index contributed by atoms with van der Waals surface area (Å²) in [4.78, 5) is 0. The number of aromatic nitrogens is 4. The van der Waals surface area contributed by atoms with Crippen LogP contribution in [-0.2, 0) is 0 Å². The number of rotatable bonds is 0. The standard InChI is InChI=1S/C6Br2F2N2S.C6H2F2N2S.BHNS/c7-1-3(9)4(10)2(8)6-5(1)11-13-12-6;7-3-1-5-6(2-4(3)8)10-11-9-5;1-2-3/h;1-2H;3H. The molecule has 0 aliphatic heterocycles. The maximum atomic E-state index is 13.1. The van der Waals surface area contributed by atoms with Crippen LogP contribution in [0.4, 0.5) is 17.6 Å². The van der Waals surface area contributed by atoms with Gasteiger partial charge < -0.3 is 0 Å². The Balaban J connectivity index is 0.000000171. The number of hydrogen-bond donors (Lipinski definition) is 1. The quantitative estimate of drug-likeness (QED) is 0.0995. The molecule has 2 heterocycles. The summed E-state index contributed by atoms with van der Waals surface area (Å²) in [5.41, 5.74) is 1.45. The fourth-order valence-corrected chi connectivity index (χ4v) is 3.86. The zero-order valence-corrected chi connectivity index (χ0v) is 18.2. The van der Waals surface area contributed by atoms with Gasteiger partial charge in [0.1, 0.15) is 22.1 Å². The van der Waals surface area contributed by atoms with Crippen molar-refractivity contribution in [1.82, 2.24) is 17.5 Å². The molecular formula is C12H3BBr2F4N5S3. The van der Waals surface area contributed by atoms with Gasteiger partial charge in [-0.25, -0.2) is 17.6 Å². The Morgan fingerprint density at radius 2 is 1.15 bits per heavy atom. The minimum absolute atomic E-state index is 0.0111. The summed E-state index contributed by atoms with van der Waals surface area (Å²) >= 11 is 10.9. The van der Waals surface area contributed by atoms with E-state index >= 15 is 0 Å². The van der Waals surface area contributed by atoms with E-state index in [1.54, 1.807) is 0 Å². The van der Waals surface area contributed by atoms with Gasteiger partial charge in [0.2, 0.25) is 0 Å². The van der Waals surface area contributed by atoms with E-state index in [0.29, 0.717) is 22.1 Å². The molecule has 15 heteroatoms. The SMILES string of the molecule is Fc1c(F)c(Br)c2nsnc2c1Br.Fc1cc2nsnc2cc1F.[B]=NS.